The van der Waals surface area contributed by atoms with Crippen LogP contribution in [-0.4, -0.2) is 12.2 Å². The van der Waals surface area contributed by atoms with Crippen molar-refractivity contribution in [1.29, 1.82) is 0 Å². The second-order valence-electron chi connectivity index (χ2n) is 3.77. The average Bonchev–Trinajstić information content (AvgIpc) is 2.28. The zero-order valence-electron chi connectivity index (χ0n) is 9.82. The maximum absolute atomic E-state index is 11.2. The second kappa shape index (κ2) is 6.43. The number of anilines is 1. The summed E-state index contributed by atoms with van der Waals surface area (Å²) in [6, 6.07) is 7.84. The van der Waals surface area contributed by atoms with Gasteiger partial charge in [-0.25, -0.2) is 0 Å². The molecule has 0 aliphatic heterocycles. The molecule has 0 fully saturated rings. The molecule has 88 valence electrons. The number of nitrogens with one attached hydrogen (secondary N) is 1. The molecule has 0 bridgehead atoms. The van der Waals surface area contributed by atoms with E-state index >= 15 is 0 Å². The van der Waals surface area contributed by atoms with Crippen molar-refractivity contribution in [2.45, 2.75) is 20.5 Å². The van der Waals surface area contributed by atoms with Crippen LogP contribution in [0.5, 0.6) is 0 Å². The summed E-state index contributed by atoms with van der Waals surface area (Å²) in [6.45, 7) is 4.00. The summed E-state index contributed by atoms with van der Waals surface area (Å²) in [7, 11) is 0. The van der Waals surface area contributed by atoms with Gasteiger partial charge >= 0.3 is 5.97 Å². The van der Waals surface area contributed by atoms with Gasteiger partial charge in [0.25, 0.3) is 0 Å². The molecule has 0 unspecified atom stereocenters. The van der Waals surface area contributed by atoms with Crippen molar-refractivity contribution in [2.24, 2.45) is 5.92 Å². The van der Waals surface area contributed by atoms with E-state index in [1.165, 1.54) is 0 Å². The van der Waals surface area contributed by atoms with Gasteiger partial charge in [0.15, 0.2) is 0 Å². The van der Waals surface area contributed by atoms with Gasteiger partial charge in [-0.3, -0.25) is 4.79 Å². The number of rotatable bonds is 5. The van der Waals surface area contributed by atoms with Crippen LogP contribution in [0.15, 0.2) is 24.3 Å². The molecule has 1 aromatic carbocycles. The third-order valence-corrected chi connectivity index (χ3v) is 2.47. The van der Waals surface area contributed by atoms with Gasteiger partial charge in [-0.2, -0.15) is 0 Å². The largest absolute Gasteiger partial charge is 0.461 e. The van der Waals surface area contributed by atoms with Crippen LogP contribution in [0.25, 0.3) is 0 Å². The van der Waals surface area contributed by atoms with Crippen LogP contribution in [0.4, 0.5) is 5.69 Å². The van der Waals surface area contributed by atoms with E-state index in [2.05, 4.69) is 4.72 Å². The molecule has 0 heterocycles. The van der Waals surface area contributed by atoms with Crippen molar-refractivity contribution < 1.29 is 9.53 Å². The number of carbonyl (C=O) groups is 1. The molecule has 0 aromatic heterocycles. The molecular formula is C12H17NO2S. The molecule has 0 saturated heterocycles. The van der Waals surface area contributed by atoms with Crippen LogP contribution in [0.3, 0.4) is 0 Å². The molecule has 0 spiro atoms. The average molecular weight is 239 g/mol. The van der Waals surface area contributed by atoms with E-state index < -0.39 is 0 Å². The van der Waals surface area contributed by atoms with E-state index in [0.717, 1.165) is 11.3 Å². The molecule has 0 amide bonds. The van der Waals surface area contributed by atoms with Crippen molar-refractivity contribution in [3.8, 4) is 0 Å². The lowest BCUT2D eigenvalue weighted by Gasteiger charge is -2.08. The van der Waals surface area contributed by atoms with E-state index in [-0.39, 0.29) is 11.9 Å². The first kappa shape index (κ1) is 12.9. The van der Waals surface area contributed by atoms with Crippen LogP contribution in [-0.2, 0) is 16.1 Å². The SMILES string of the molecule is CSNc1ccc(COC(=O)C(C)C)cc1. The fraction of sp³-hybridized carbons (Fsp3) is 0.417. The quantitative estimate of drug-likeness (QED) is 0.633. The molecule has 1 N–H and O–H groups in total. The van der Waals surface area contributed by atoms with E-state index in [9.17, 15) is 4.79 Å². The Balaban J connectivity index is 2.46. The Bertz CT molecular complexity index is 335. The number of hydrogen-bond donors (Lipinski definition) is 1. The highest BCUT2D eigenvalue weighted by Gasteiger charge is 2.07. The molecule has 0 saturated carbocycles. The summed E-state index contributed by atoms with van der Waals surface area (Å²) in [5, 5.41) is 0. The Hall–Kier alpha value is -1.16. The molecular weight excluding hydrogens is 222 g/mol. The Morgan fingerprint density at radius 1 is 1.38 bits per heavy atom. The Kier molecular flexibility index (Phi) is 5.19. The number of carbonyl (C=O) groups excluding carboxylic acids is 1. The predicted molar refractivity (Wildman–Crippen MR) is 68.2 cm³/mol. The molecule has 0 aliphatic carbocycles. The lowest BCUT2D eigenvalue weighted by Crippen LogP contribution is -2.11. The molecule has 0 radical (unpaired) electrons. The zero-order valence-corrected chi connectivity index (χ0v) is 10.6. The van der Waals surface area contributed by atoms with Crippen LogP contribution in [0, 0.1) is 5.92 Å². The third-order valence-electron chi connectivity index (χ3n) is 2.03. The summed E-state index contributed by atoms with van der Waals surface area (Å²) in [5.41, 5.74) is 2.05. The van der Waals surface area contributed by atoms with Crippen LogP contribution in [0.1, 0.15) is 19.4 Å². The monoisotopic (exact) mass is 239 g/mol. The topological polar surface area (TPSA) is 38.3 Å². The predicted octanol–water partition coefficient (Wildman–Crippen LogP) is 3.08. The molecule has 1 rings (SSSR count). The second-order valence-corrected chi connectivity index (χ2v) is 4.38. The minimum absolute atomic E-state index is 0.0718. The first-order chi connectivity index (χ1) is 7.63. The summed E-state index contributed by atoms with van der Waals surface area (Å²) in [6.07, 6.45) is 1.97. The van der Waals surface area contributed by atoms with Gasteiger partial charge in [-0.05, 0) is 17.7 Å². The standard InChI is InChI=1S/C12H17NO2S/c1-9(2)12(14)15-8-10-4-6-11(7-5-10)13-16-3/h4-7,9,13H,8H2,1-3H3. The summed E-state index contributed by atoms with van der Waals surface area (Å²) >= 11 is 1.55. The van der Waals surface area contributed by atoms with E-state index in [1.54, 1.807) is 11.9 Å². The highest BCUT2D eigenvalue weighted by atomic mass is 32.2. The minimum atomic E-state index is -0.161. The van der Waals surface area contributed by atoms with E-state index in [4.69, 9.17) is 4.74 Å². The molecule has 4 heteroatoms. The number of benzene rings is 1. The lowest BCUT2D eigenvalue weighted by molar-refractivity contribution is -0.148. The molecule has 0 atom stereocenters. The van der Waals surface area contributed by atoms with E-state index in [1.807, 2.05) is 44.4 Å². The smallest absolute Gasteiger partial charge is 0.308 e. The number of hydrogen-bond acceptors (Lipinski definition) is 4. The normalized spacial score (nSPS) is 10.2. The van der Waals surface area contributed by atoms with Gasteiger partial charge in [0.05, 0.1) is 5.92 Å². The van der Waals surface area contributed by atoms with Crippen molar-refractivity contribution in [3.63, 3.8) is 0 Å². The van der Waals surface area contributed by atoms with Crippen LogP contribution >= 0.6 is 11.9 Å². The molecule has 16 heavy (non-hydrogen) atoms. The maximum Gasteiger partial charge on any atom is 0.308 e. The van der Waals surface area contributed by atoms with E-state index in [0.29, 0.717) is 6.61 Å². The van der Waals surface area contributed by atoms with Gasteiger partial charge in [0.1, 0.15) is 6.61 Å². The first-order valence-electron chi connectivity index (χ1n) is 5.18. The molecule has 3 nitrogen and oxygen atoms in total. The van der Waals surface area contributed by atoms with Crippen molar-refractivity contribution >= 4 is 23.6 Å². The third kappa shape index (κ3) is 4.14. The fourth-order valence-corrected chi connectivity index (χ4v) is 1.48. The van der Waals surface area contributed by atoms with Gasteiger partial charge in [-0.15, -0.1) is 0 Å². The number of ether oxygens (including phenoxy) is 1. The summed E-state index contributed by atoms with van der Waals surface area (Å²) in [4.78, 5) is 11.2. The highest BCUT2D eigenvalue weighted by Crippen LogP contribution is 2.13. The van der Waals surface area contributed by atoms with Crippen molar-refractivity contribution in [1.82, 2.24) is 0 Å². The highest BCUT2D eigenvalue weighted by molar-refractivity contribution is 7.99. The number of esters is 1. The Morgan fingerprint density at radius 2 is 2.00 bits per heavy atom. The molecule has 0 aliphatic rings. The van der Waals surface area contributed by atoms with Gasteiger partial charge in [-0.1, -0.05) is 37.9 Å². The first-order valence-corrected chi connectivity index (χ1v) is 6.40. The summed E-state index contributed by atoms with van der Waals surface area (Å²) in [5.74, 6) is -0.233. The van der Waals surface area contributed by atoms with Crippen molar-refractivity contribution in [3.05, 3.63) is 29.8 Å². The maximum atomic E-state index is 11.2. The minimum Gasteiger partial charge on any atom is -0.461 e. The van der Waals surface area contributed by atoms with Gasteiger partial charge in [0.2, 0.25) is 0 Å². The summed E-state index contributed by atoms with van der Waals surface area (Å²) < 4.78 is 8.25. The van der Waals surface area contributed by atoms with Gasteiger partial charge in [0, 0.05) is 11.9 Å². The zero-order chi connectivity index (χ0) is 12.0. The Morgan fingerprint density at radius 3 is 2.50 bits per heavy atom. The van der Waals surface area contributed by atoms with Crippen molar-refractivity contribution in [2.75, 3.05) is 11.0 Å². The lowest BCUT2D eigenvalue weighted by atomic mass is 10.2. The fourth-order valence-electron chi connectivity index (χ4n) is 1.11. The van der Waals surface area contributed by atoms with Crippen LogP contribution in [0.2, 0.25) is 0 Å². The Labute approximate surface area is 101 Å². The van der Waals surface area contributed by atoms with Gasteiger partial charge < -0.3 is 9.46 Å². The van der Waals surface area contributed by atoms with Crippen LogP contribution < -0.4 is 4.72 Å². The molecule has 1 aromatic rings.